The fourth-order valence-corrected chi connectivity index (χ4v) is 5.88. The van der Waals surface area contributed by atoms with E-state index in [9.17, 15) is 14.7 Å². The number of anilines is 2. The third-order valence-electron chi connectivity index (χ3n) is 6.94. The van der Waals surface area contributed by atoms with Crippen LogP contribution in [0.2, 0.25) is 0 Å². The van der Waals surface area contributed by atoms with Gasteiger partial charge in [0, 0.05) is 50.9 Å². The van der Waals surface area contributed by atoms with E-state index in [-0.39, 0.29) is 11.5 Å². The number of carbonyl (C=O) groups is 2. The number of methoxy groups -OCH3 is 1. The average Bonchev–Trinajstić information content (AvgIpc) is 3.50. The molecular formula is C31H30N4O4S. The summed E-state index contributed by atoms with van der Waals surface area (Å²) in [6, 6.07) is 15.2. The van der Waals surface area contributed by atoms with Crippen LogP contribution in [0.5, 0.6) is 5.75 Å². The molecule has 5 aromatic rings. The van der Waals surface area contributed by atoms with Crippen LogP contribution >= 0.6 is 11.3 Å². The first-order valence-corrected chi connectivity index (χ1v) is 13.5. The van der Waals surface area contributed by atoms with Gasteiger partial charge in [-0.05, 0) is 46.7 Å². The Labute approximate surface area is 235 Å². The minimum absolute atomic E-state index is 0.247. The van der Waals surface area contributed by atoms with Crippen LogP contribution in [0.3, 0.4) is 0 Å². The van der Waals surface area contributed by atoms with E-state index >= 15 is 0 Å². The number of benzene rings is 2. The highest BCUT2D eigenvalue weighted by atomic mass is 32.1. The first-order chi connectivity index (χ1) is 19.0. The van der Waals surface area contributed by atoms with Crippen LogP contribution in [0.25, 0.3) is 38.2 Å². The Morgan fingerprint density at radius 1 is 1.15 bits per heavy atom. The Kier molecular flexibility index (Phi) is 6.85. The van der Waals surface area contributed by atoms with Crippen LogP contribution in [-0.4, -0.2) is 33.6 Å². The summed E-state index contributed by atoms with van der Waals surface area (Å²) < 4.78 is 8.36. The van der Waals surface area contributed by atoms with Gasteiger partial charge in [0.05, 0.1) is 12.8 Å². The van der Waals surface area contributed by atoms with Crippen LogP contribution in [0.15, 0.2) is 65.7 Å². The fraction of sp³-hybridized carbons (Fsp3) is 0.194. The molecule has 3 heterocycles. The number of nitrogens with one attached hydrogen (secondary N) is 1. The molecule has 0 radical (unpaired) electrons. The molecule has 2 aromatic carbocycles. The van der Waals surface area contributed by atoms with Gasteiger partial charge in [-0.25, -0.2) is 9.78 Å². The first kappa shape index (κ1) is 27.0. The number of aliphatic carboxylic acids is 1. The molecule has 1 amide bonds. The van der Waals surface area contributed by atoms with E-state index < -0.39 is 11.4 Å². The van der Waals surface area contributed by atoms with Crippen molar-refractivity contribution >= 4 is 61.8 Å². The lowest BCUT2D eigenvalue weighted by molar-refractivity contribution is -0.133. The summed E-state index contributed by atoms with van der Waals surface area (Å²) in [4.78, 5) is 29.5. The van der Waals surface area contributed by atoms with Crippen LogP contribution in [-0.2, 0) is 11.8 Å². The molecule has 5 rings (SSSR count). The van der Waals surface area contributed by atoms with Gasteiger partial charge in [0.25, 0.3) is 5.91 Å². The minimum atomic E-state index is -0.972. The molecule has 0 aliphatic heterocycles. The van der Waals surface area contributed by atoms with Gasteiger partial charge >= 0.3 is 5.97 Å². The Bertz CT molecular complexity index is 1820. The lowest BCUT2D eigenvalue weighted by Gasteiger charge is -2.19. The molecule has 0 unspecified atom stereocenters. The van der Waals surface area contributed by atoms with Gasteiger partial charge in [0.15, 0.2) is 0 Å². The van der Waals surface area contributed by atoms with E-state index in [0.29, 0.717) is 28.5 Å². The van der Waals surface area contributed by atoms with Gasteiger partial charge in [-0.15, -0.1) is 11.3 Å². The second kappa shape index (κ2) is 10.2. The minimum Gasteiger partial charge on any atom is -0.495 e. The molecule has 9 heteroatoms. The summed E-state index contributed by atoms with van der Waals surface area (Å²) in [7, 11) is 3.41. The van der Waals surface area contributed by atoms with Crippen molar-refractivity contribution in [2.24, 2.45) is 12.5 Å². The SMILES string of the molecule is COc1cc(-c2csc3c(C=C(C(=O)O)C(C)(C)C)cnc(N)c23)ccc1NC(=O)c1cc2ccccc2n1C. The van der Waals surface area contributed by atoms with Gasteiger partial charge in [-0.3, -0.25) is 4.79 Å². The molecule has 4 N–H and O–H groups in total. The highest BCUT2D eigenvalue weighted by molar-refractivity contribution is 7.18. The molecule has 0 saturated heterocycles. The van der Waals surface area contributed by atoms with Crippen molar-refractivity contribution in [1.29, 1.82) is 0 Å². The number of nitrogens with two attached hydrogens (primary N) is 1. The number of carboxylic acids is 1. The maximum absolute atomic E-state index is 13.2. The van der Waals surface area contributed by atoms with E-state index in [1.165, 1.54) is 11.3 Å². The van der Waals surface area contributed by atoms with Crippen LogP contribution in [0, 0.1) is 5.41 Å². The van der Waals surface area contributed by atoms with Gasteiger partial charge < -0.3 is 25.5 Å². The van der Waals surface area contributed by atoms with E-state index in [0.717, 1.165) is 32.1 Å². The standard InChI is InChI=1S/C31H30N4O4S/c1-31(2,3)21(30(37)38)12-19-15-33-28(32)26-20(16-40-27(19)26)17-10-11-22(25(14-17)39-5)34-29(36)24-13-18-8-6-7-9-23(18)35(24)4/h6-16H,1-5H3,(H2,32,33)(H,34,36)(H,37,38). The van der Waals surface area contributed by atoms with Crippen LogP contribution < -0.4 is 15.8 Å². The Balaban J connectivity index is 1.52. The number of nitrogen functional groups attached to an aromatic ring is 1. The predicted octanol–water partition coefficient (Wildman–Crippen LogP) is 6.81. The number of thiophene rings is 1. The van der Waals surface area contributed by atoms with Crippen molar-refractivity contribution < 1.29 is 19.4 Å². The zero-order chi connectivity index (χ0) is 28.8. The second-order valence-electron chi connectivity index (χ2n) is 10.6. The third kappa shape index (κ3) is 4.80. The molecule has 40 heavy (non-hydrogen) atoms. The molecule has 0 atom stereocenters. The molecule has 0 aliphatic carbocycles. The largest absolute Gasteiger partial charge is 0.495 e. The Morgan fingerprint density at radius 3 is 2.58 bits per heavy atom. The molecule has 0 bridgehead atoms. The number of pyridine rings is 1. The number of aromatic nitrogens is 2. The summed E-state index contributed by atoms with van der Waals surface area (Å²) in [5.41, 5.74) is 10.5. The maximum Gasteiger partial charge on any atom is 0.332 e. The highest BCUT2D eigenvalue weighted by Crippen LogP contribution is 2.42. The first-order valence-electron chi connectivity index (χ1n) is 12.6. The number of ether oxygens (including phenoxy) is 1. The molecule has 0 fully saturated rings. The highest BCUT2D eigenvalue weighted by Gasteiger charge is 2.24. The number of carbonyl (C=O) groups excluding carboxylic acids is 1. The van der Waals surface area contributed by atoms with Crippen LogP contribution in [0.1, 0.15) is 36.8 Å². The quantitative estimate of drug-likeness (QED) is 0.198. The molecule has 204 valence electrons. The number of fused-ring (bicyclic) bond motifs is 2. The Morgan fingerprint density at radius 2 is 1.90 bits per heavy atom. The second-order valence-corrected chi connectivity index (χ2v) is 11.5. The smallest absolute Gasteiger partial charge is 0.332 e. The number of amides is 1. The lowest BCUT2D eigenvalue weighted by Crippen LogP contribution is -2.17. The molecule has 3 aromatic heterocycles. The van der Waals surface area contributed by atoms with Crippen molar-refractivity contribution in [3.63, 3.8) is 0 Å². The van der Waals surface area contributed by atoms with E-state index in [1.54, 1.807) is 25.4 Å². The molecule has 0 saturated carbocycles. The van der Waals surface area contributed by atoms with E-state index in [2.05, 4.69) is 10.3 Å². The molecule has 0 spiro atoms. The number of hydrogen-bond donors (Lipinski definition) is 3. The number of rotatable bonds is 6. The summed E-state index contributed by atoms with van der Waals surface area (Å²) in [5, 5.41) is 16.5. The van der Waals surface area contributed by atoms with E-state index in [1.807, 2.05) is 80.2 Å². The number of carboxylic acid groups (broad SMARTS) is 1. The van der Waals surface area contributed by atoms with Crippen molar-refractivity contribution in [3.8, 4) is 16.9 Å². The summed E-state index contributed by atoms with van der Waals surface area (Å²) in [6.45, 7) is 5.59. The number of hydrogen-bond acceptors (Lipinski definition) is 6. The summed E-state index contributed by atoms with van der Waals surface area (Å²) in [5.74, 6) is -0.376. The van der Waals surface area contributed by atoms with E-state index in [4.69, 9.17) is 10.5 Å². The topological polar surface area (TPSA) is 119 Å². The fourth-order valence-electron chi connectivity index (χ4n) is 4.81. The van der Waals surface area contributed by atoms with Gasteiger partial charge in [-0.2, -0.15) is 0 Å². The summed E-state index contributed by atoms with van der Waals surface area (Å²) >= 11 is 1.47. The third-order valence-corrected chi connectivity index (χ3v) is 7.96. The average molecular weight is 555 g/mol. The molecular weight excluding hydrogens is 524 g/mol. The van der Waals surface area contributed by atoms with Crippen molar-refractivity contribution in [1.82, 2.24) is 9.55 Å². The number of para-hydroxylation sites is 1. The van der Waals surface area contributed by atoms with Crippen molar-refractivity contribution in [3.05, 3.63) is 76.9 Å². The lowest BCUT2D eigenvalue weighted by atomic mass is 9.85. The number of nitrogens with zero attached hydrogens (tertiary/aromatic N) is 2. The van der Waals surface area contributed by atoms with Gasteiger partial charge in [-0.1, -0.05) is 45.0 Å². The zero-order valence-electron chi connectivity index (χ0n) is 22.9. The van der Waals surface area contributed by atoms with Crippen molar-refractivity contribution in [2.45, 2.75) is 20.8 Å². The normalized spacial score (nSPS) is 12.2. The molecule has 8 nitrogen and oxygen atoms in total. The zero-order valence-corrected chi connectivity index (χ0v) is 23.7. The van der Waals surface area contributed by atoms with Crippen LogP contribution in [0.4, 0.5) is 11.5 Å². The van der Waals surface area contributed by atoms with Gasteiger partial charge in [0.1, 0.15) is 17.3 Å². The summed E-state index contributed by atoms with van der Waals surface area (Å²) in [6.07, 6.45) is 3.28. The maximum atomic E-state index is 13.2. The van der Waals surface area contributed by atoms with Gasteiger partial charge in [0.2, 0.25) is 0 Å². The number of aryl methyl sites for hydroxylation is 1. The molecule has 0 aliphatic rings. The predicted molar refractivity (Wildman–Crippen MR) is 162 cm³/mol. The Hall–Kier alpha value is -4.63. The van der Waals surface area contributed by atoms with Crippen molar-refractivity contribution in [2.75, 3.05) is 18.2 Å². The monoisotopic (exact) mass is 554 g/mol.